The summed E-state index contributed by atoms with van der Waals surface area (Å²) in [5.41, 5.74) is 8.14. The van der Waals surface area contributed by atoms with Crippen molar-refractivity contribution in [2.24, 2.45) is 0 Å². The van der Waals surface area contributed by atoms with Gasteiger partial charge < -0.3 is 4.40 Å². The highest BCUT2D eigenvalue weighted by Gasteiger charge is 2.21. The molecule has 6 heteroatoms. The minimum absolute atomic E-state index is 0.321. The second-order valence-electron chi connectivity index (χ2n) is 12.1. The maximum atomic E-state index is 13.9. The first kappa shape index (κ1) is 26.8. The average Bonchev–Trinajstić information content (AvgIpc) is 3.69. The molecule has 0 atom stereocenters. The van der Waals surface area contributed by atoms with Gasteiger partial charge in [0.25, 0.3) is 0 Å². The van der Waals surface area contributed by atoms with E-state index < -0.39 is 0 Å². The number of fused-ring (bicyclic) bond motifs is 12. The number of pyridine rings is 1. The highest BCUT2D eigenvalue weighted by molar-refractivity contribution is 6.24. The van der Waals surface area contributed by atoms with Gasteiger partial charge in [-0.2, -0.15) is 0 Å². The molecule has 0 spiro atoms. The van der Waals surface area contributed by atoms with Gasteiger partial charge in [0.2, 0.25) is 5.95 Å². The molecule has 0 aliphatic carbocycles. The van der Waals surface area contributed by atoms with E-state index in [1.54, 1.807) is 24.3 Å². The Hall–Kier alpha value is -6.40. The van der Waals surface area contributed by atoms with Gasteiger partial charge in [-0.1, -0.05) is 60.7 Å². The van der Waals surface area contributed by atoms with E-state index in [-0.39, 0.29) is 11.6 Å². The second kappa shape index (κ2) is 10.0. The zero-order chi connectivity index (χ0) is 31.9. The Morgan fingerprint density at radius 1 is 0.396 bits per heavy atom. The normalized spacial score (nSPS) is 12.0. The number of aromatic nitrogens is 4. The molecule has 4 nitrogen and oxygen atoms in total. The van der Waals surface area contributed by atoms with Crippen LogP contribution < -0.4 is 0 Å². The van der Waals surface area contributed by atoms with Gasteiger partial charge in [-0.15, -0.1) is 0 Å². The Morgan fingerprint density at radius 2 is 0.896 bits per heavy atom. The van der Waals surface area contributed by atoms with E-state index in [4.69, 9.17) is 9.97 Å². The van der Waals surface area contributed by atoms with Crippen molar-refractivity contribution in [2.75, 3.05) is 0 Å². The standard InChI is InChI=1S/C42H24F2N4/c43-27-17-13-25(14-18-27)34-24-35(26-15-19-28(44)20-16-26)46-42(45-34)48-37-12-6-4-10-32(37)41-33-23-40-31-9-2-1-7-29(31)30-8-3-5-11-36(30)47(40)38(33)21-22-39(41)48/h1-24H. The molecule has 0 aliphatic rings. The van der Waals surface area contributed by atoms with E-state index in [0.717, 1.165) is 54.9 Å². The van der Waals surface area contributed by atoms with Gasteiger partial charge in [0, 0.05) is 38.1 Å². The third-order valence-electron chi connectivity index (χ3n) is 9.45. The fourth-order valence-electron chi connectivity index (χ4n) is 7.33. The molecule has 4 aromatic heterocycles. The van der Waals surface area contributed by atoms with Crippen LogP contribution in [-0.2, 0) is 0 Å². The van der Waals surface area contributed by atoms with Gasteiger partial charge in [-0.3, -0.25) is 4.57 Å². The summed E-state index contributed by atoms with van der Waals surface area (Å²) in [6.45, 7) is 0. The van der Waals surface area contributed by atoms with Crippen LogP contribution in [0.4, 0.5) is 8.78 Å². The highest BCUT2D eigenvalue weighted by Crippen LogP contribution is 2.41. The SMILES string of the molecule is Fc1ccc(-c2cc(-c3ccc(F)cc3)nc(-n3c4ccccc4c4c5cc6c7ccccc7c7ccccc7n6c5ccc43)n2)cc1. The van der Waals surface area contributed by atoms with Crippen LogP contribution in [0.25, 0.3) is 88.4 Å². The number of halogens is 2. The summed E-state index contributed by atoms with van der Waals surface area (Å²) in [7, 11) is 0. The lowest BCUT2D eigenvalue weighted by Crippen LogP contribution is -2.04. The summed E-state index contributed by atoms with van der Waals surface area (Å²) in [5, 5.41) is 6.96. The zero-order valence-electron chi connectivity index (χ0n) is 25.4. The molecule has 10 aromatic rings. The molecule has 6 aromatic carbocycles. The van der Waals surface area contributed by atoms with Crippen LogP contribution in [0.3, 0.4) is 0 Å². The molecule has 48 heavy (non-hydrogen) atoms. The third-order valence-corrected chi connectivity index (χ3v) is 9.45. The van der Waals surface area contributed by atoms with Crippen LogP contribution in [0.15, 0.2) is 146 Å². The lowest BCUT2D eigenvalue weighted by Gasteiger charge is -2.12. The first-order valence-electron chi connectivity index (χ1n) is 15.8. The lowest BCUT2D eigenvalue weighted by molar-refractivity contribution is 0.627. The molecule has 0 bridgehead atoms. The number of hydrogen-bond acceptors (Lipinski definition) is 2. The number of benzene rings is 6. The number of hydrogen-bond donors (Lipinski definition) is 0. The van der Waals surface area contributed by atoms with Crippen LogP contribution in [-0.4, -0.2) is 18.9 Å². The molecular formula is C42H24F2N4. The van der Waals surface area contributed by atoms with E-state index in [0.29, 0.717) is 17.3 Å². The Kier molecular flexibility index (Phi) is 5.61. The molecule has 4 heterocycles. The second-order valence-corrected chi connectivity index (χ2v) is 12.1. The first-order chi connectivity index (χ1) is 23.6. The van der Waals surface area contributed by atoms with Crippen LogP contribution in [0, 0.1) is 11.6 Å². The van der Waals surface area contributed by atoms with Gasteiger partial charge in [0.05, 0.1) is 39.0 Å². The molecule has 10 rings (SSSR count). The predicted octanol–water partition coefficient (Wildman–Crippen LogP) is 10.9. The molecule has 0 unspecified atom stereocenters. The van der Waals surface area contributed by atoms with Crippen LogP contribution in [0.2, 0.25) is 0 Å². The highest BCUT2D eigenvalue weighted by atomic mass is 19.1. The minimum Gasteiger partial charge on any atom is -0.309 e. The van der Waals surface area contributed by atoms with E-state index >= 15 is 0 Å². The van der Waals surface area contributed by atoms with Crippen molar-refractivity contribution in [2.45, 2.75) is 0 Å². The number of nitrogens with zero attached hydrogens (tertiary/aromatic N) is 4. The maximum Gasteiger partial charge on any atom is 0.235 e. The van der Waals surface area contributed by atoms with Crippen molar-refractivity contribution >= 4 is 59.9 Å². The van der Waals surface area contributed by atoms with Gasteiger partial charge >= 0.3 is 0 Å². The van der Waals surface area contributed by atoms with Crippen molar-refractivity contribution in [3.8, 4) is 28.5 Å². The third kappa shape index (κ3) is 3.86. The molecule has 0 amide bonds. The van der Waals surface area contributed by atoms with Gasteiger partial charge in [-0.25, -0.2) is 18.7 Å². The number of para-hydroxylation sites is 2. The van der Waals surface area contributed by atoms with Crippen LogP contribution in [0.5, 0.6) is 0 Å². The summed E-state index contributed by atoms with van der Waals surface area (Å²) >= 11 is 0. The Bertz CT molecular complexity index is 2840. The molecule has 0 saturated carbocycles. The van der Waals surface area contributed by atoms with Crippen molar-refractivity contribution < 1.29 is 8.78 Å². The fraction of sp³-hybridized carbons (Fsp3) is 0. The summed E-state index contributed by atoms with van der Waals surface area (Å²) in [6.07, 6.45) is 0. The van der Waals surface area contributed by atoms with Crippen molar-refractivity contribution in [1.82, 2.24) is 18.9 Å². The Morgan fingerprint density at radius 3 is 1.54 bits per heavy atom. The molecule has 0 N–H and O–H groups in total. The molecule has 0 radical (unpaired) electrons. The van der Waals surface area contributed by atoms with E-state index in [1.165, 1.54) is 40.4 Å². The summed E-state index contributed by atoms with van der Waals surface area (Å²) in [4.78, 5) is 10.1. The Labute approximate surface area is 272 Å². The summed E-state index contributed by atoms with van der Waals surface area (Å²) in [5.74, 6) is -0.168. The van der Waals surface area contributed by atoms with E-state index in [1.807, 2.05) is 12.1 Å². The van der Waals surface area contributed by atoms with Gasteiger partial charge in [0.1, 0.15) is 11.6 Å². The maximum absolute atomic E-state index is 13.9. The summed E-state index contributed by atoms with van der Waals surface area (Å²) in [6, 6.07) is 46.6. The fourth-order valence-corrected chi connectivity index (χ4v) is 7.33. The molecule has 0 saturated heterocycles. The molecular weight excluding hydrogens is 598 g/mol. The summed E-state index contributed by atoms with van der Waals surface area (Å²) < 4.78 is 32.4. The zero-order valence-corrected chi connectivity index (χ0v) is 25.4. The van der Waals surface area contributed by atoms with E-state index in [9.17, 15) is 8.78 Å². The Balaban J connectivity index is 1.32. The first-order valence-corrected chi connectivity index (χ1v) is 15.8. The monoisotopic (exact) mass is 622 g/mol. The topological polar surface area (TPSA) is 35.1 Å². The quantitative estimate of drug-likeness (QED) is 0.184. The largest absolute Gasteiger partial charge is 0.309 e. The predicted molar refractivity (Wildman–Crippen MR) is 191 cm³/mol. The molecule has 226 valence electrons. The van der Waals surface area contributed by atoms with Crippen molar-refractivity contribution in [1.29, 1.82) is 0 Å². The van der Waals surface area contributed by atoms with Gasteiger partial charge in [-0.05, 0) is 90.3 Å². The minimum atomic E-state index is -0.321. The van der Waals surface area contributed by atoms with Crippen LogP contribution in [0.1, 0.15) is 0 Å². The lowest BCUT2D eigenvalue weighted by atomic mass is 10.0. The van der Waals surface area contributed by atoms with E-state index in [2.05, 4.69) is 93.9 Å². The van der Waals surface area contributed by atoms with Crippen molar-refractivity contribution in [3.05, 3.63) is 157 Å². The number of rotatable bonds is 3. The smallest absolute Gasteiger partial charge is 0.235 e. The van der Waals surface area contributed by atoms with Crippen molar-refractivity contribution in [3.63, 3.8) is 0 Å². The molecule has 0 aliphatic heterocycles. The molecule has 0 fully saturated rings. The average molecular weight is 623 g/mol. The van der Waals surface area contributed by atoms with Gasteiger partial charge in [0.15, 0.2) is 0 Å². The van der Waals surface area contributed by atoms with Crippen LogP contribution >= 0.6 is 0 Å².